The maximum Gasteiger partial charge on any atom is 0.0931 e. The Morgan fingerprint density at radius 1 is 1.22 bits per heavy atom. The molecule has 0 radical (unpaired) electrons. The van der Waals surface area contributed by atoms with Crippen LogP contribution in [0, 0.1) is 0 Å². The second kappa shape index (κ2) is 5.60. The highest BCUT2D eigenvalue weighted by Crippen LogP contribution is 2.16. The third-order valence-corrected chi connectivity index (χ3v) is 2.81. The first kappa shape index (κ1) is 12.5. The first-order valence-electron chi connectivity index (χ1n) is 5.91. The van der Waals surface area contributed by atoms with Gasteiger partial charge in [-0.25, -0.2) is 0 Å². The summed E-state index contributed by atoms with van der Waals surface area (Å²) >= 11 is 0. The number of nitrogens with zero attached hydrogens (tertiary/aromatic N) is 3. The van der Waals surface area contributed by atoms with Crippen molar-refractivity contribution in [2.75, 3.05) is 11.9 Å². The highest BCUT2D eigenvalue weighted by atomic mass is 16.3. The Labute approximate surface area is 107 Å². The Hall–Kier alpha value is -1.94. The van der Waals surface area contributed by atoms with Crippen LogP contribution in [0.2, 0.25) is 0 Å². The molecule has 2 aromatic heterocycles. The Morgan fingerprint density at radius 2 is 1.94 bits per heavy atom. The van der Waals surface area contributed by atoms with Crippen LogP contribution in [0.1, 0.15) is 24.3 Å². The minimum absolute atomic E-state index is 0.524. The monoisotopic (exact) mass is 243 g/mol. The zero-order chi connectivity index (χ0) is 13.0. The molecule has 2 rings (SSSR count). The van der Waals surface area contributed by atoms with E-state index in [1.165, 1.54) is 5.56 Å². The number of anilines is 1. The van der Waals surface area contributed by atoms with Gasteiger partial charge in [0.1, 0.15) is 0 Å². The van der Waals surface area contributed by atoms with E-state index in [1.807, 2.05) is 31.3 Å². The predicted molar refractivity (Wildman–Crippen MR) is 71.2 cm³/mol. The molecule has 94 valence electrons. The van der Waals surface area contributed by atoms with Crippen molar-refractivity contribution < 1.29 is 5.11 Å². The molecule has 0 aliphatic heterocycles. The standard InChI is InChI=1S/C14H17N3O/c1-11(18)14-4-3-13(9-16-14)17(2)10-12-5-7-15-8-6-12/h3-9,11,18H,10H2,1-2H3. The van der Waals surface area contributed by atoms with Crippen molar-refractivity contribution in [3.05, 3.63) is 54.1 Å². The summed E-state index contributed by atoms with van der Waals surface area (Å²) in [7, 11) is 2.01. The maximum atomic E-state index is 9.41. The topological polar surface area (TPSA) is 49.2 Å². The fourth-order valence-corrected chi connectivity index (χ4v) is 1.72. The fraction of sp³-hybridized carbons (Fsp3) is 0.286. The van der Waals surface area contributed by atoms with Crippen molar-refractivity contribution in [1.29, 1.82) is 0 Å². The summed E-state index contributed by atoms with van der Waals surface area (Å²) in [4.78, 5) is 10.3. The minimum atomic E-state index is -0.524. The molecule has 1 unspecified atom stereocenters. The van der Waals surface area contributed by atoms with E-state index < -0.39 is 6.10 Å². The Morgan fingerprint density at radius 3 is 2.50 bits per heavy atom. The Bertz CT molecular complexity index is 482. The summed E-state index contributed by atoms with van der Waals surface area (Å²) in [5.74, 6) is 0. The minimum Gasteiger partial charge on any atom is -0.387 e. The Balaban J connectivity index is 2.07. The molecule has 0 amide bonds. The zero-order valence-electron chi connectivity index (χ0n) is 10.6. The van der Waals surface area contributed by atoms with Gasteiger partial charge < -0.3 is 10.0 Å². The molecule has 0 saturated heterocycles. The number of aliphatic hydroxyl groups excluding tert-OH is 1. The summed E-state index contributed by atoms with van der Waals surface area (Å²) in [6, 6.07) is 7.81. The van der Waals surface area contributed by atoms with Crippen LogP contribution in [0.4, 0.5) is 5.69 Å². The number of hydrogen-bond acceptors (Lipinski definition) is 4. The van der Waals surface area contributed by atoms with E-state index in [1.54, 1.807) is 25.5 Å². The van der Waals surface area contributed by atoms with Gasteiger partial charge in [0.25, 0.3) is 0 Å². The third kappa shape index (κ3) is 3.05. The highest BCUT2D eigenvalue weighted by molar-refractivity contribution is 5.44. The molecule has 2 aromatic rings. The van der Waals surface area contributed by atoms with E-state index in [9.17, 15) is 5.11 Å². The fourth-order valence-electron chi connectivity index (χ4n) is 1.72. The van der Waals surface area contributed by atoms with Gasteiger partial charge in [0.15, 0.2) is 0 Å². The average molecular weight is 243 g/mol. The normalized spacial score (nSPS) is 12.2. The lowest BCUT2D eigenvalue weighted by Gasteiger charge is -2.19. The van der Waals surface area contributed by atoms with Crippen LogP contribution in [0.5, 0.6) is 0 Å². The quantitative estimate of drug-likeness (QED) is 0.894. The van der Waals surface area contributed by atoms with E-state index >= 15 is 0 Å². The predicted octanol–water partition coefficient (Wildman–Crippen LogP) is 2.17. The molecular formula is C14H17N3O. The summed E-state index contributed by atoms with van der Waals surface area (Å²) in [6.07, 6.45) is 4.84. The smallest absolute Gasteiger partial charge is 0.0931 e. The second-order valence-electron chi connectivity index (χ2n) is 4.33. The molecule has 1 atom stereocenters. The lowest BCUT2D eigenvalue weighted by Crippen LogP contribution is -2.16. The highest BCUT2D eigenvalue weighted by Gasteiger charge is 2.05. The van der Waals surface area contributed by atoms with Gasteiger partial charge in [0.05, 0.1) is 23.7 Å². The van der Waals surface area contributed by atoms with Crippen molar-refractivity contribution in [2.45, 2.75) is 19.6 Å². The number of rotatable bonds is 4. The molecular weight excluding hydrogens is 226 g/mol. The number of aromatic nitrogens is 2. The van der Waals surface area contributed by atoms with Gasteiger partial charge in [0.2, 0.25) is 0 Å². The van der Waals surface area contributed by atoms with Crippen molar-refractivity contribution in [2.24, 2.45) is 0 Å². The van der Waals surface area contributed by atoms with Crippen molar-refractivity contribution in [3.8, 4) is 0 Å². The van der Waals surface area contributed by atoms with Crippen molar-refractivity contribution >= 4 is 5.69 Å². The largest absolute Gasteiger partial charge is 0.387 e. The van der Waals surface area contributed by atoms with Gasteiger partial charge in [-0.3, -0.25) is 9.97 Å². The van der Waals surface area contributed by atoms with Gasteiger partial charge in [-0.2, -0.15) is 0 Å². The van der Waals surface area contributed by atoms with E-state index in [0.717, 1.165) is 12.2 Å². The van der Waals surface area contributed by atoms with Gasteiger partial charge in [-0.1, -0.05) is 0 Å². The molecule has 0 aromatic carbocycles. The zero-order valence-corrected chi connectivity index (χ0v) is 10.6. The SMILES string of the molecule is CC(O)c1ccc(N(C)Cc2ccncc2)cn1. The second-order valence-corrected chi connectivity index (χ2v) is 4.33. The first-order valence-corrected chi connectivity index (χ1v) is 5.91. The van der Waals surface area contributed by atoms with Crippen LogP contribution >= 0.6 is 0 Å². The van der Waals surface area contributed by atoms with Crippen LogP contribution < -0.4 is 4.90 Å². The van der Waals surface area contributed by atoms with E-state index in [4.69, 9.17) is 0 Å². The van der Waals surface area contributed by atoms with Gasteiger partial charge in [0, 0.05) is 26.0 Å². The number of aliphatic hydroxyl groups is 1. The number of pyridine rings is 2. The van der Waals surface area contributed by atoms with Crippen LogP contribution in [-0.2, 0) is 6.54 Å². The van der Waals surface area contributed by atoms with E-state index in [2.05, 4.69) is 14.9 Å². The molecule has 0 bridgehead atoms. The molecule has 4 heteroatoms. The maximum absolute atomic E-state index is 9.41. The molecule has 0 aliphatic carbocycles. The molecule has 18 heavy (non-hydrogen) atoms. The van der Waals surface area contributed by atoms with Crippen molar-refractivity contribution in [3.63, 3.8) is 0 Å². The first-order chi connectivity index (χ1) is 8.66. The summed E-state index contributed by atoms with van der Waals surface area (Å²) in [5, 5.41) is 9.41. The summed E-state index contributed by atoms with van der Waals surface area (Å²) in [5.41, 5.74) is 2.92. The average Bonchev–Trinajstić information content (AvgIpc) is 2.40. The molecule has 0 saturated carbocycles. The third-order valence-electron chi connectivity index (χ3n) is 2.81. The van der Waals surface area contributed by atoms with Crippen molar-refractivity contribution in [1.82, 2.24) is 9.97 Å². The van der Waals surface area contributed by atoms with E-state index in [0.29, 0.717) is 5.69 Å². The molecule has 0 spiro atoms. The van der Waals surface area contributed by atoms with Gasteiger partial charge in [-0.05, 0) is 36.8 Å². The van der Waals surface area contributed by atoms with E-state index in [-0.39, 0.29) is 0 Å². The van der Waals surface area contributed by atoms with Crippen LogP contribution in [-0.4, -0.2) is 22.1 Å². The lowest BCUT2D eigenvalue weighted by atomic mass is 10.2. The molecule has 0 fully saturated rings. The van der Waals surface area contributed by atoms with Crippen LogP contribution in [0.15, 0.2) is 42.9 Å². The molecule has 2 heterocycles. The summed E-state index contributed by atoms with van der Waals surface area (Å²) < 4.78 is 0. The summed E-state index contributed by atoms with van der Waals surface area (Å²) in [6.45, 7) is 2.51. The molecule has 1 N–H and O–H groups in total. The lowest BCUT2D eigenvalue weighted by molar-refractivity contribution is 0.194. The van der Waals surface area contributed by atoms with Crippen LogP contribution in [0.25, 0.3) is 0 Å². The Kier molecular flexibility index (Phi) is 3.89. The van der Waals surface area contributed by atoms with Crippen LogP contribution in [0.3, 0.4) is 0 Å². The molecule has 0 aliphatic rings. The number of hydrogen-bond donors (Lipinski definition) is 1. The molecule has 4 nitrogen and oxygen atoms in total. The van der Waals surface area contributed by atoms with Gasteiger partial charge >= 0.3 is 0 Å². The van der Waals surface area contributed by atoms with Gasteiger partial charge in [-0.15, -0.1) is 0 Å².